The van der Waals surface area contributed by atoms with E-state index in [-0.39, 0.29) is 11.5 Å². The second kappa shape index (κ2) is 3.59. The molecule has 0 aromatic carbocycles. The van der Waals surface area contributed by atoms with Gasteiger partial charge in [0.1, 0.15) is 6.10 Å². The van der Waals surface area contributed by atoms with Crippen LogP contribution in [-0.2, 0) is 10.2 Å². The molecule has 2 heterocycles. The summed E-state index contributed by atoms with van der Waals surface area (Å²) in [5.74, 6) is 1.38. The van der Waals surface area contributed by atoms with Crippen LogP contribution in [-0.4, -0.2) is 16.2 Å². The molecule has 0 aliphatic carbocycles. The summed E-state index contributed by atoms with van der Waals surface area (Å²) in [6.07, 6.45) is 2.36. The average molecular weight is 210 g/mol. The molecule has 4 heteroatoms. The molecule has 0 N–H and O–H groups in total. The van der Waals surface area contributed by atoms with Crippen molar-refractivity contribution in [3.63, 3.8) is 0 Å². The standard InChI is InChI=1S/C11H18N2O2/c1-7-5-6-8(14-7)9-12-10(13-15-9)11(2,3)4/h7-8H,5-6H2,1-4H3/t7-,8+/m0/s1. The van der Waals surface area contributed by atoms with Crippen molar-refractivity contribution >= 4 is 0 Å². The molecule has 1 aliphatic rings. The SMILES string of the molecule is C[C@H]1CC[C@H](c2nc(C(C)(C)C)no2)O1. The van der Waals surface area contributed by atoms with E-state index in [2.05, 4.69) is 37.8 Å². The Morgan fingerprint density at radius 1 is 1.27 bits per heavy atom. The molecule has 84 valence electrons. The molecular weight excluding hydrogens is 192 g/mol. The highest BCUT2D eigenvalue weighted by Crippen LogP contribution is 2.32. The van der Waals surface area contributed by atoms with Crippen LogP contribution >= 0.6 is 0 Å². The normalized spacial score (nSPS) is 27.2. The zero-order chi connectivity index (χ0) is 11.1. The van der Waals surface area contributed by atoms with Crippen LogP contribution in [0.15, 0.2) is 4.52 Å². The zero-order valence-electron chi connectivity index (χ0n) is 9.78. The van der Waals surface area contributed by atoms with Gasteiger partial charge in [-0.2, -0.15) is 4.98 Å². The van der Waals surface area contributed by atoms with Crippen molar-refractivity contribution in [2.45, 2.75) is 58.2 Å². The van der Waals surface area contributed by atoms with Crippen LogP contribution in [0.25, 0.3) is 0 Å². The Bertz CT molecular complexity index is 341. The Morgan fingerprint density at radius 2 is 2.00 bits per heavy atom. The highest BCUT2D eigenvalue weighted by molar-refractivity contribution is 5.02. The van der Waals surface area contributed by atoms with Crippen molar-refractivity contribution in [3.05, 3.63) is 11.7 Å². The number of ether oxygens (including phenoxy) is 1. The van der Waals surface area contributed by atoms with Gasteiger partial charge in [-0.3, -0.25) is 0 Å². The van der Waals surface area contributed by atoms with Crippen LogP contribution in [0, 0.1) is 0 Å². The van der Waals surface area contributed by atoms with Crippen molar-refractivity contribution in [2.24, 2.45) is 0 Å². The van der Waals surface area contributed by atoms with Gasteiger partial charge in [0.25, 0.3) is 5.89 Å². The number of aromatic nitrogens is 2. The lowest BCUT2D eigenvalue weighted by Crippen LogP contribution is -2.13. The third kappa shape index (κ3) is 2.20. The van der Waals surface area contributed by atoms with Gasteiger partial charge in [-0.05, 0) is 19.8 Å². The van der Waals surface area contributed by atoms with Crippen LogP contribution in [0.1, 0.15) is 58.4 Å². The smallest absolute Gasteiger partial charge is 0.255 e. The van der Waals surface area contributed by atoms with E-state index in [4.69, 9.17) is 9.26 Å². The quantitative estimate of drug-likeness (QED) is 0.714. The summed E-state index contributed by atoms with van der Waals surface area (Å²) < 4.78 is 10.9. The fraction of sp³-hybridized carbons (Fsp3) is 0.818. The first-order chi connectivity index (χ1) is 6.97. The van der Waals surface area contributed by atoms with Crippen molar-refractivity contribution in [1.29, 1.82) is 0 Å². The summed E-state index contributed by atoms with van der Waals surface area (Å²) in [4.78, 5) is 4.40. The average Bonchev–Trinajstić information content (AvgIpc) is 2.69. The Hall–Kier alpha value is -0.900. The first kappa shape index (κ1) is 10.6. The molecule has 0 saturated carbocycles. The van der Waals surface area contributed by atoms with Gasteiger partial charge in [-0.1, -0.05) is 25.9 Å². The molecule has 2 atom stereocenters. The van der Waals surface area contributed by atoms with Crippen LogP contribution < -0.4 is 0 Å². The first-order valence-corrected chi connectivity index (χ1v) is 5.46. The third-order valence-corrected chi connectivity index (χ3v) is 2.62. The molecule has 4 nitrogen and oxygen atoms in total. The molecule has 1 saturated heterocycles. The van der Waals surface area contributed by atoms with Gasteiger partial charge < -0.3 is 9.26 Å². The van der Waals surface area contributed by atoms with E-state index >= 15 is 0 Å². The zero-order valence-corrected chi connectivity index (χ0v) is 9.78. The van der Waals surface area contributed by atoms with Gasteiger partial charge in [0.2, 0.25) is 0 Å². The topological polar surface area (TPSA) is 48.2 Å². The summed E-state index contributed by atoms with van der Waals surface area (Å²) >= 11 is 0. The fourth-order valence-electron chi connectivity index (χ4n) is 1.65. The third-order valence-electron chi connectivity index (χ3n) is 2.62. The van der Waals surface area contributed by atoms with Crippen LogP contribution in [0.2, 0.25) is 0 Å². The second-order valence-electron chi connectivity index (χ2n) is 5.22. The van der Waals surface area contributed by atoms with Gasteiger partial charge >= 0.3 is 0 Å². The summed E-state index contributed by atoms with van der Waals surface area (Å²) in [6.45, 7) is 8.28. The lowest BCUT2D eigenvalue weighted by molar-refractivity contribution is 0.0355. The number of nitrogens with zero attached hydrogens (tertiary/aromatic N) is 2. The highest BCUT2D eigenvalue weighted by atomic mass is 16.5. The van der Waals surface area contributed by atoms with E-state index in [9.17, 15) is 0 Å². The lowest BCUT2D eigenvalue weighted by Gasteiger charge is -2.11. The number of hydrogen-bond donors (Lipinski definition) is 0. The Kier molecular flexibility index (Phi) is 2.54. The summed E-state index contributed by atoms with van der Waals surface area (Å²) in [5.41, 5.74) is -0.0635. The molecular formula is C11H18N2O2. The maximum Gasteiger partial charge on any atom is 0.255 e. The largest absolute Gasteiger partial charge is 0.365 e. The van der Waals surface area contributed by atoms with Gasteiger partial charge in [0.05, 0.1) is 6.10 Å². The van der Waals surface area contributed by atoms with Crippen molar-refractivity contribution < 1.29 is 9.26 Å². The summed E-state index contributed by atoms with van der Waals surface area (Å²) in [7, 11) is 0. The molecule has 15 heavy (non-hydrogen) atoms. The molecule has 1 aliphatic heterocycles. The predicted octanol–water partition coefficient (Wildman–Crippen LogP) is 2.61. The van der Waals surface area contributed by atoms with Crippen molar-refractivity contribution in [1.82, 2.24) is 10.1 Å². The molecule has 2 rings (SSSR count). The minimum Gasteiger partial charge on any atom is -0.365 e. The molecule has 1 fully saturated rings. The van der Waals surface area contributed by atoms with Gasteiger partial charge in [-0.25, -0.2) is 0 Å². The van der Waals surface area contributed by atoms with Crippen LogP contribution in [0.4, 0.5) is 0 Å². The van der Waals surface area contributed by atoms with Gasteiger partial charge in [0.15, 0.2) is 5.82 Å². The van der Waals surface area contributed by atoms with E-state index < -0.39 is 0 Å². The van der Waals surface area contributed by atoms with Crippen molar-refractivity contribution in [2.75, 3.05) is 0 Å². The van der Waals surface area contributed by atoms with Gasteiger partial charge in [-0.15, -0.1) is 0 Å². The highest BCUT2D eigenvalue weighted by Gasteiger charge is 2.30. The summed E-state index contributed by atoms with van der Waals surface area (Å²) in [5, 5.41) is 3.99. The number of hydrogen-bond acceptors (Lipinski definition) is 4. The lowest BCUT2D eigenvalue weighted by atomic mass is 9.96. The molecule has 0 bridgehead atoms. The first-order valence-electron chi connectivity index (χ1n) is 5.46. The Balaban J connectivity index is 2.14. The van der Waals surface area contributed by atoms with Crippen LogP contribution in [0.5, 0.6) is 0 Å². The Labute approximate surface area is 90.0 Å². The van der Waals surface area contributed by atoms with E-state index in [1.54, 1.807) is 0 Å². The molecule has 1 aromatic rings. The predicted molar refractivity (Wildman–Crippen MR) is 55.5 cm³/mol. The maximum absolute atomic E-state index is 5.68. The molecule has 0 radical (unpaired) electrons. The minimum atomic E-state index is -0.0635. The Morgan fingerprint density at radius 3 is 2.47 bits per heavy atom. The maximum atomic E-state index is 5.68. The van der Waals surface area contributed by atoms with E-state index in [1.165, 1.54) is 0 Å². The van der Waals surface area contributed by atoms with Crippen molar-refractivity contribution in [3.8, 4) is 0 Å². The van der Waals surface area contributed by atoms with Crippen LogP contribution in [0.3, 0.4) is 0 Å². The molecule has 0 spiro atoms. The molecule has 0 amide bonds. The number of rotatable bonds is 1. The van der Waals surface area contributed by atoms with Gasteiger partial charge in [0, 0.05) is 5.41 Å². The van der Waals surface area contributed by atoms with E-state index in [0.717, 1.165) is 18.7 Å². The van der Waals surface area contributed by atoms with E-state index in [0.29, 0.717) is 12.0 Å². The second-order valence-corrected chi connectivity index (χ2v) is 5.22. The molecule has 0 unspecified atom stereocenters. The summed E-state index contributed by atoms with van der Waals surface area (Å²) in [6, 6.07) is 0. The fourth-order valence-corrected chi connectivity index (χ4v) is 1.65. The molecule has 1 aromatic heterocycles. The monoisotopic (exact) mass is 210 g/mol. The minimum absolute atomic E-state index is 0.00333. The van der Waals surface area contributed by atoms with E-state index in [1.807, 2.05) is 0 Å².